The summed E-state index contributed by atoms with van der Waals surface area (Å²) in [7, 11) is 2.04. The van der Waals surface area contributed by atoms with E-state index in [1.165, 1.54) is 24.8 Å². The van der Waals surface area contributed by atoms with E-state index in [0.29, 0.717) is 12.1 Å². The zero-order valence-electron chi connectivity index (χ0n) is 9.46. The summed E-state index contributed by atoms with van der Waals surface area (Å²) < 4.78 is 0. The summed E-state index contributed by atoms with van der Waals surface area (Å²) in [5, 5.41) is 6.81. The monoisotopic (exact) mass is 205 g/mol. The topological polar surface area (TPSA) is 37.0 Å². The normalized spacial score (nSPS) is 25.5. The van der Waals surface area contributed by atoms with Gasteiger partial charge in [0, 0.05) is 18.3 Å². The lowest BCUT2D eigenvalue weighted by atomic mass is 10.2. The second kappa shape index (κ2) is 4.62. The van der Waals surface area contributed by atoms with Gasteiger partial charge < -0.3 is 10.6 Å². The second-order valence-electron chi connectivity index (χ2n) is 4.36. The molecule has 1 fully saturated rings. The molecule has 0 aliphatic heterocycles. The van der Waals surface area contributed by atoms with Gasteiger partial charge in [-0.15, -0.1) is 0 Å². The van der Waals surface area contributed by atoms with Crippen LogP contribution in [0.5, 0.6) is 0 Å². The maximum absolute atomic E-state index is 4.36. The van der Waals surface area contributed by atoms with E-state index in [-0.39, 0.29) is 0 Å². The van der Waals surface area contributed by atoms with Crippen molar-refractivity contribution in [3.63, 3.8) is 0 Å². The summed E-state index contributed by atoms with van der Waals surface area (Å²) in [5.41, 5.74) is 1.21. The maximum Gasteiger partial charge on any atom is 0.126 e. The molecule has 1 aromatic heterocycles. The lowest BCUT2D eigenvalue weighted by molar-refractivity contribution is 0.575. The summed E-state index contributed by atoms with van der Waals surface area (Å²) in [4.78, 5) is 4.36. The molecule has 0 spiro atoms. The van der Waals surface area contributed by atoms with Crippen LogP contribution in [0.2, 0.25) is 0 Å². The average Bonchev–Trinajstić information content (AvgIpc) is 2.69. The smallest absolute Gasteiger partial charge is 0.126 e. The predicted octanol–water partition coefficient (Wildman–Crippen LogP) is 1.94. The highest BCUT2D eigenvalue weighted by molar-refractivity contribution is 5.36. The molecule has 2 atom stereocenters. The molecule has 0 radical (unpaired) electrons. The highest BCUT2D eigenvalue weighted by atomic mass is 15.0. The van der Waals surface area contributed by atoms with Crippen molar-refractivity contribution < 1.29 is 0 Å². The number of aromatic nitrogens is 1. The first-order valence-electron chi connectivity index (χ1n) is 5.64. The molecule has 82 valence electrons. The minimum atomic E-state index is 0.581. The Morgan fingerprint density at radius 3 is 2.67 bits per heavy atom. The largest absolute Gasteiger partial charge is 0.367 e. The lowest BCUT2D eigenvalue weighted by Gasteiger charge is -2.13. The molecule has 0 bridgehead atoms. The van der Waals surface area contributed by atoms with E-state index in [1.807, 2.05) is 13.2 Å². The fraction of sp³-hybridized carbons (Fsp3) is 0.583. The molecular weight excluding hydrogens is 186 g/mol. The number of nitrogens with one attached hydrogen (secondary N) is 2. The van der Waals surface area contributed by atoms with E-state index in [1.54, 1.807) is 0 Å². The molecule has 3 heteroatoms. The van der Waals surface area contributed by atoms with Crippen LogP contribution in [-0.4, -0.2) is 24.1 Å². The van der Waals surface area contributed by atoms with Crippen molar-refractivity contribution >= 4 is 5.82 Å². The molecule has 0 aromatic carbocycles. The number of hydrogen-bond donors (Lipinski definition) is 2. The summed E-state index contributed by atoms with van der Waals surface area (Å²) in [6.45, 7) is 2.06. The van der Waals surface area contributed by atoms with Gasteiger partial charge in [-0.05, 0) is 44.9 Å². The fourth-order valence-corrected chi connectivity index (χ4v) is 2.14. The number of aryl methyl sites for hydroxylation is 1. The molecule has 0 amide bonds. The Hall–Kier alpha value is -1.09. The molecule has 2 unspecified atom stereocenters. The van der Waals surface area contributed by atoms with Crippen LogP contribution in [0.4, 0.5) is 5.82 Å². The molecule has 3 nitrogen and oxygen atoms in total. The van der Waals surface area contributed by atoms with Crippen LogP contribution >= 0.6 is 0 Å². The zero-order chi connectivity index (χ0) is 10.7. The standard InChI is InChI=1S/C12H19N3/c1-9-3-6-12(14-8-9)15-11-5-4-10(7-11)13-2/h3,6,8,10-11,13H,4-5,7H2,1-2H3,(H,14,15). The molecular formula is C12H19N3. The Labute approximate surface area is 91.3 Å². The molecule has 2 N–H and O–H groups in total. The van der Waals surface area contributed by atoms with Crippen LogP contribution in [0.15, 0.2) is 18.3 Å². The van der Waals surface area contributed by atoms with Gasteiger partial charge in [0.15, 0.2) is 0 Å². The fourth-order valence-electron chi connectivity index (χ4n) is 2.14. The van der Waals surface area contributed by atoms with Gasteiger partial charge in [-0.25, -0.2) is 4.98 Å². The maximum atomic E-state index is 4.36. The van der Waals surface area contributed by atoms with Gasteiger partial charge in [-0.2, -0.15) is 0 Å². The third-order valence-electron chi connectivity index (χ3n) is 3.10. The van der Waals surface area contributed by atoms with E-state index < -0.39 is 0 Å². The minimum Gasteiger partial charge on any atom is -0.367 e. The quantitative estimate of drug-likeness (QED) is 0.792. The van der Waals surface area contributed by atoms with Crippen molar-refractivity contribution in [3.05, 3.63) is 23.9 Å². The van der Waals surface area contributed by atoms with Crippen molar-refractivity contribution in [1.29, 1.82) is 0 Å². The Kier molecular flexibility index (Phi) is 3.21. The summed E-state index contributed by atoms with van der Waals surface area (Å²) >= 11 is 0. The van der Waals surface area contributed by atoms with Crippen LogP contribution in [0, 0.1) is 6.92 Å². The van der Waals surface area contributed by atoms with E-state index >= 15 is 0 Å². The first kappa shape index (κ1) is 10.4. The van der Waals surface area contributed by atoms with Crippen molar-refractivity contribution in [3.8, 4) is 0 Å². The van der Waals surface area contributed by atoms with Crippen molar-refractivity contribution in [2.24, 2.45) is 0 Å². The first-order chi connectivity index (χ1) is 7.28. The van der Waals surface area contributed by atoms with Crippen LogP contribution in [-0.2, 0) is 0 Å². The number of nitrogens with zero attached hydrogens (tertiary/aromatic N) is 1. The molecule has 15 heavy (non-hydrogen) atoms. The van der Waals surface area contributed by atoms with Gasteiger partial charge in [0.1, 0.15) is 5.82 Å². The predicted molar refractivity (Wildman–Crippen MR) is 63.1 cm³/mol. The lowest BCUT2D eigenvalue weighted by Crippen LogP contribution is -2.24. The van der Waals surface area contributed by atoms with Gasteiger partial charge in [0.05, 0.1) is 0 Å². The first-order valence-corrected chi connectivity index (χ1v) is 5.64. The van der Waals surface area contributed by atoms with Gasteiger partial charge in [0.25, 0.3) is 0 Å². The highest BCUT2D eigenvalue weighted by Gasteiger charge is 2.23. The van der Waals surface area contributed by atoms with Gasteiger partial charge >= 0.3 is 0 Å². The Bertz CT molecular complexity index is 307. The summed E-state index contributed by atoms with van der Waals surface area (Å²) in [6, 6.07) is 5.41. The van der Waals surface area contributed by atoms with Crippen molar-refractivity contribution in [2.75, 3.05) is 12.4 Å². The molecule has 1 saturated carbocycles. The number of rotatable bonds is 3. The summed E-state index contributed by atoms with van der Waals surface area (Å²) in [5.74, 6) is 1.00. The average molecular weight is 205 g/mol. The third-order valence-corrected chi connectivity index (χ3v) is 3.10. The molecule has 1 aliphatic carbocycles. The van der Waals surface area contributed by atoms with Gasteiger partial charge in [0.2, 0.25) is 0 Å². The van der Waals surface area contributed by atoms with E-state index in [4.69, 9.17) is 0 Å². The van der Waals surface area contributed by atoms with E-state index in [2.05, 4.69) is 34.7 Å². The van der Waals surface area contributed by atoms with E-state index in [0.717, 1.165) is 5.82 Å². The Morgan fingerprint density at radius 1 is 1.27 bits per heavy atom. The number of hydrogen-bond acceptors (Lipinski definition) is 3. The summed E-state index contributed by atoms with van der Waals surface area (Å²) in [6.07, 6.45) is 5.61. The molecule has 2 rings (SSSR count). The molecule has 0 saturated heterocycles. The molecule has 1 heterocycles. The Balaban J connectivity index is 1.90. The van der Waals surface area contributed by atoms with Crippen molar-refractivity contribution in [2.45, 2.75) is 38.3 Å². The molecule has 1 aliphatic rings. The highest BCUT2D eigenvalue weighted by Crippen LogP contribution is 2.21. The SMILES string of the molecule is CNC1CCC(Nc2ccc(C)cn2)C1. The van der Waals surface area contributed by atoms with Crippen LogP contribution < -0.4 is 10.6 Å². The minimum absolute atomic E-state index is 0.581. The number of pyridine rings is 1. The van der Waals surface area contributed by atoms with Crippen LogP contribution in [0.25, 0.3) is 0 Å². The van der Waals surface area contributed by atoms with Crippen LogP contribution in [0.3, 0.4) is 0 Å². The van der Waals surface area contributed by atoms with E-state index in [9.17, 15) is 0 Å². The molecule has 1 aromatic rings. The van der Waals surface area contributed by atoms with Gasteiger partial charge in [-0.3, -0.25) is 0 Å². The third kappa shape index (κ3) is 2.69. The zero-order valence-corrected chi connectivity index (χ0v) is 9.46. The second-order valence-corrected chi connectivity index (χ2v) is 4.36. The van der Waals surface area contributed by atoms with Gasteiger partial charge in [-0.1, -0.05) is 6.07 Å². The Morgan fingerprint density at radius 2 is 2.07 bits per heavy atom. The number of anilines is 1. The van der Waals surface area contributed by atoms with Crippen molar-refractivity contribution in [1.82, 2.24) is 10.3 Å². The van der Waals surface area contributed by atoms with Crippen LogP contribution in [0.1, 0.15) is 24.8 Å².